The third-order valence-corrected chi connectivity index (χ3v) is 4.04. The summed E-state index contributed by atoms with van der Waals surface area (Å²) in [7, 11) is 0. The zero-order valence-electron chi connectivity index (χ0n) is 11.2. The molecular formula is C16H14BrF2NO. The fraction of sp³-hybridized carbons (Fsp3) is 0.250. The molecular weight excluding hydrogens is 340 g/mol. The molecule has 0 aliphatic carbocycles. The molecule has 1 unspecified atom stereocenters. The van der Waals surface area contributed by atoms with Gasteiger partial charge in [-0.15, -0.1) is 0 Å². The van der Waals surface area contributed by atoms with Crippen molar-refractivity contribution in [2.75, 3.05) is 6.61 Å². The van der Waals surface area contributed by atoms with E-state index in [0.29, 0.717) is 18.6 Å². The average Bonchev–Trinajstić information content (AvgIpc) is 2.85. The molecule has 0 bridgehead atoms. The van der Waals surface area contributed by atoms with Crippen molar-refractivity contribution in [1.29, 1.82) is 0 Å². The molecule has 0 saturated carbocycles. The van der Waals surface area contributed by atoms with Gasteiger partial charge in [-0.05, 0) is 47.4 Å². The maximum absolute atomic E-state index is 13.3. The van der Waals surface area contributed by atoms with E-state index in [-0.39, 0.29) is 0 Å². The summed E-state index contributed by atoms with van der Waals surface area (Å²) in [4.78, 5) is 0. The lowest BCUT2D eigenvalue weighted by atomic mass is 9.97. The van der Waals surface area contributed by atoms with Gasteiger partial charge in [0.1, 0.15) is 17.4 Å². The van der Waals surface area contributed by atoms with Crippen LogP contribution >= 0.6 is 15.9 Å². The second kappa shape index (κ2) is 5.73. The van der Waals surface area contributed by atoms with Crippen molar-refractivity contribution in [2.24, 2.45) is 5.73 Å². The van der Waals surface area contributed by atoms with Crippen molar-refractivity contribution in [3.8, 4) is 5.75 Å². The number of fused-ring (bicyclic) bond motifs is 1. The molecule has 21 heavy (non-hydrogen) atoms. The molecule has 5 heteroatoms. The number of nitrogens with two attached hydrogens (primary N) is 1. The molecule has 1 aliphatic rings. The van der Waals surface area contributed by atoms with Crippen LogP contribution in [0.4, 0.5) is 8.78 Å². The number of ether oxygens (including phenoxy) is 1. The molecule has 0 amide bonds. The van der Waals surface area contributed by atoms with Gasteiger partial charge in [-0.25, -0.2) is 8.78 Å². The Morgan fingerprint density at radius 2 is 1.86 bits per heavy atom. The lowest BCUT2D eigenvalue weighted by Crippen LogP contribution is -2.14. The van der Waals surface area contributed by atoms with Gasteiger partial charge in [0.25, 0.3) is 0 Å². The number of hydrogen-bond donors (Lipinski definition) is 1. The molecule has 0 saturated heterocycles. The van der Waals surface area contributed by atoms with Crippen LogP contribution in [0.1, 0.15) is 22.7 Å². The van der Waals surface area contributed by atoms with E-state index < -0.39 is 17.7 Å². The predicted molar refractivity (Wildman–Crippen MR) is 80.3 cm³/mol. The minimum Gasteiger partial charge on any atom is -0.493 e. The Balaban J connectivity index is 1.90. The Kier molecular flexibility index (Phi) is 3.95. The molecule has 0 fully saturated rings. The molecule has 2 aromatic rings. The van der Waals surface area contributed by atoms with Gasteiger partial charge in [0.2, 0.25) is 0 Å². The van der Waals surface area contributed by atoms with Crippen LogP contribution < -0.4 is 10.5 Å². The molecule has 2 N–H and O–H groups in total. The number of halogens is 3. The highest BCUT2D eigenvalue weighted by atomic mass is 79.9. The number of hydrogen-bond acceptors (Lipinski definition) is 2. The molecule has 1 heterocycles. The van der Waals surface area contributed by atoms with Crippen LogP contribution in [0.2, 0.25) is 0 Å². The molecule has 2 nitrogen and oxygen atoms in total. The largest absolute Gasteiger partial charge is 0.493 e. The van der Waals surface area contributed by atoms with Crippen molar-refractivity contribution >= 4 is 15.9 Å². The number of rotatable bonds is 3. The highest BCUT2D eigenvalue weighted by Crippen LogP contribution is 2.35. The normalized spacial score (nSPS) is 14.7. The summed E-state index contributed by atoms with van der Waals surface area (Å²) >= 11 is 3.47. The van der Waals surface area contributed by atoms with Crippen LogP contribution in [0.3, 0.4) is 0 Å². The second-order valence-electron chi connectivity index (χ2n) is 5.17. The maximum atomic E-state index is 13.3. The lowest BCUT2D eigenvalue weighted by Gasteiger charge is -2.15. The van der Waals surface area contributed by atoms with E-state index in [4.69, 9.17) is 10.5 Å². The van der Waals surface area contributed by atoms with Crippen LogP contribution in [0, 0.1) is 11.6 Å². The van der Waals surface area contributed by atoms with Gasteiger partial charge in [0, 0.05) is 23.0 Å². The van der Waals surface area contributed by atoms with Crippen molar-refractivity contribution < 1.29 is 13.5 Å². The van der Waals surface area contributed by atoms with Crippen molar-refractivity contribution in [3.63, 3.8) is 0 Å². The van der Waals surface area contributed by atoms with Crippen LogP contribution in [0.5, 0.6) is 5.75 Å². The molecule has 1 aliphatic heterocycles. The minimum atomic E-state index is -0.615. The summed E-state index contributed by atoms with van der Waals surface area (Å²) in [6, 6.07) is 6.87. The summed E-state index contributed by atoms with van der Waals surface area (Å²) in [6.45, 7) is 0.655. The smallest absolute Gasteiger partial charge is 0.126 e. The van der Waals surface area contributed by atoms with Gasteiger partial charge in [-0.1, -0.05) is 15.9 Å². The van der Waals surface area contributed by atoms with E-state index in [1.54, 1.807) is 0 Å². The first-order valence-corrected chi connectivity index (χ1v) is 7.48. The third-order valence-electron chi connectivity index (χ3n) is 3.58. The Morgan fingerprint density at radius 1 is 1.14 bits per heavy atom. The monoisotopic (exact) mass is 353 g/mol. The maximum Gasteiger partial charge on any atom is 0.126 e. The first-order valence-electron chi connectivity index (χ1n) is 6.68. The summed E-state index contributed by atoms with van der Waals surface area (Å²) < 4.78 is 33.2. The summed E-state index contributed by atoms with van der Waals surface area (Å²) in [5, 5.41) is 0. The van der Waals surface area contributed by atoms with Gasteiger partial charge in [-0.2, -0.15) is 0 Å². The van der Waals surface area contributed by atoms with Gasteiger partial charge in [0.15, 0.2) is 0 Å². The van der Waals surface area contributed by atoms with Gasteiger partial charge in [-0.3, -0.25) is 0 Å². The van der Waals surface area contributed by atoms with Crippen LogP contribution in [0.15, 0.2) is 34.8 Å². The van der Waals surface area contributed by atoms with Crippen molar-refractivity contribution in [2.45, 2.75) is 18.9 Å². The third kappa shape index (κ3) is 3.09. The quantitative estimate of drug-likeness (QED) is 0.907. The van der Waals surface area contributed by atoms with Crippen LogP contribution in [-0.4, -0.2) is 6.61 Å². The van der Waals surface area contributed by atoms with E-state index in [9.17, 15) is 8.78 Å². The Morgan fingerprint density at radius 3 is 2.57 bits per heavy atom. The van der Waals surface area contributed by atoms with E-state index in [1.165, 1.54) is 12.1 Å². The van der Waals surface area contributed by atoms with E-state index >= 15 is 0 Å². The first kappa shape index (κ1) is 14.5. The zero-order valence-corrected chi connectivity index (χ0v) is 12.8. The van der Waals surface area contributed by atoms with Gasteiger partial charge < -0.3 is 10.5 Å². The molecule has 0 spiro atoms. The topological polar surface area (TPSA) is 35.2 Å². The van der Waals surface area contributed by atoms with E-state index in [2.05, 4.69) is 15.9 Å². The molecule has 110 valence electrons. The van der Waals surface area contributed by atoms with Crippen molar-refractivity contribution in [1.82, 2.24) is 0 Å². The molecule has 0 radical (unpaired) electrons. The fourth-order valence-corrected chi connectivity index (χ4v) is 3.19. The zero-order chi connectivity index (χ0) is 15.0. The van der Waals surface area contributed by atoms with E-state index in [0.717, 1.165) is 33.8 Å². The second-order valence-corrected chi connectivity index (χ2v) is 6.08. The van der Waals surface area contributed by atoms with Crippen LogP contribution in [0.25, 0.3) is 0 Å². The van der Waals surface area contributed by atoms with E-state index in [1.807, 2.05) is 12.1 Å². The summed E-state index contributed by atoms with van der Waals surface area (Å²) in [6.07, 6.45) is 1.33. The first-order chi connectivity index (χ1) is 10.0. The van der Waals surface area contributed by atoms with Crippen molar-refractivity contribution in [3.05, 3.63) is 63.1 Å². The molecule has 3 rings (SSSR count). The fourth-order valence-electron chi connectivity index (χ4n) is 2.64. The molecule has 2 aromatic carbocycles. The highest BCUT2D eigenvalue weighted by molar-refractivity contribution is 9.10. The Bertz CT molecular complexity index is 670. The minimum absolute atomic E-state index is 0.444. The number of benzene rings is 2. The Labute approximate surface area is 130 Å². The summed E-state index contributed by atoms with van der Waals surface area (Å²) in [5.41, 5.74) is 8.64. The van der Waals surface area contributed by atoms with Gasteiger partial charge >= 0.3 is 0 Å². The molecule has 0 aromatic heterocycles. The predicted octanol–water partition coefficient (Wildman–Crippen LogP) is 3.90. The van der Waals surface area contributed by atoms with Gasteiger partial charge in [0.05, 0.1) is 6.61 Å². The Hall–Kier alpha value is -1.46. The average molecular weight is 354 g/mol. The van der Waals surface area contributed by atoms with Crippen LogP contribution in [-0.2, 0) is 12.8 Å². The standard InChI is InChI=1S/C16H14BrF2NO/c17-12-3-9-1-2-21-16(9)11(4-12)7-15(20)10-5-13(18)8-14(19)6-10/h3-6,8,15H,1-2,7,20H2. The highest BCUT2D eigenvalue weighted by Gasteiger charge is 2.20. The lowest BCUT2D eigenvalue weighted by molar-refractivity contribution is 0.352. The summed E-state index contributed by atoms with van der Waals surface area (Å²) in [5.74, 6) is -0.377. The SMILES string of the molecule is NC(Cc1cc(Br)cc2c1OCC2)c1cc(F)cc(F)c1. The molecule has 1 atom stereocenters.